The molecular formula is C6H7F5. The second-order valence-corrected chi connectivity index (χ2v) is 3.04. The molecule has 1 rings (SSSR count). The first kappa shape index (κ1) is 8.74. The molecule has 0 nitrogen and oxygen atoms in total. The number of hydrogen-bond donors (Lipinski definition) is 0. The molecule has 0 bridgehead atoms. The van der Waals surface area contributed by atoms with Crippen LogP contribution in [0.2, 0.25) is 0 Å². The predicted molar refractivity (Wildman–Crippen MR) is 28.3 cm³/mol. The SMILES string of the molecule is CC1C(F)(F)C1(C)C(F)(F)F. The van der Waals surface area contributed by atoms with Crippen LogP contribution in [0.1, 0.15) is 13.8 Å². The molecule has 2 atom stereocenters. The first-order chi connectivity index (χ1) is 4.65. The Morgan fingerprint density at radius 1 is 1.18 bits per heavy atom. The van der Waals surface area contributed by atoms with Gasteiger partial charge in [-0.05, 0) is 6.92 Å². The van der Waals surface area contributed by atoms with Crippen molar-refractivity contribution in [2.45, 2.75) is 25.9 Å². The average molecular weight is 174 g/mol. The van der Waals surface area contributed by atoms with E-state index in [-0.39, 0.29) is 0 Å². The minimum atomic E-state index is -4.80. The quantitative estimate of drug-likeness (QED) is 0.495. The van der Waals surface area contributed by atoms with Crippen molar-refractivity contribution in [3.63, 3.8) is 0 Å². The Morgan fingerprint density at radius 3 is 1.45 bits per heavy atom. The Hall–Kier alpha value is -0.350. The maximum Gasteiger partial charge on any atom is 0.400 e. The Balaban J connectivity index is 2.92. The smallest absolute Gasteiger partial charge is 0.206 e. The van der Waals surface area contributed by atoms with Crippen molar-refractivity contribution in [1.82, 2.24) is 0 Å². The lowest BCUT2D eigenvalue weighted by Gasteiger charge is -2.14. The molecule has 66 valence electrons. The van der Waals surface area contributed by atoms with Crippen LogP contribution in [-0.4, -0.2) is 12.1 Å². The Labute approximate surface area is 60.4 Å². The zero-order valence-electron chi connectivity index (χ0n) is 5.97. The number of rotatable bonds is 0. The molecule has 0 aliphatic heterocycles. The molecule has 2 unspecified atom stereocenters. The fraction of sp³-hybridized carbons (Fsp3) is 1.00. The van der Waals surface area contributed by atoms with Crippen LogP contribution < -0.4 is 0 Å². The summed E-state index contributed by atoms with van der Waals surface area (Å²) < 4.78 is 60.4. The van der Waals surface area contributed by atoms with Crippen molar-refractivity contribution in [2.24, 2.45) is 11.3 Å². The van der Waals surface area contributed by atoms with Gasteiger partial charge in [0.1, 0.15) is 5.41 Å². The van der Waals surface area contributed by atoms with E-state index in [2.05, 4.69) is 0 Å². The van der Waals surface area contributed by atoms with E-state index in [4.69, 9.17) is 0 Å². The van der Waals surface area contributed by atoms with Crippen molar-refractivity contribution < 1.29 is 22.0 Å². The fourth-order valence-electron chi connectivity index (χ4n) is 1.17. The van der Waals surface area contributed by atoms with Gasteiger partial charge in [0.05, 0.1) is 0 Å². The summed E-state index contributed by atoms with van der Waals surface area (Å²) in [6.07, 6.45) is -4.80. The molecule has 1 aliphatic rings. The molecule has 0 heterocycles. The van der Waals surface area contributed by atoms with Gasteiger partial charge in [-0.1, -0.05) is 6.92 Å². The summed E-state index contributed by atoms with van der Waals surface area (Å²) >= 11 is 0. The van der Waals surface area contributed by atoms with E-state index in [1.54, 1.807) is 0 Å². The minimum Gasteiger partial charge on any atom is -0.206 e. The molecule has 0 spiro atoms. The fourth-order valence-corrected chi connectivity index (χ4v) is 1.17. The molecule has 0 aromatic rings. The lowest BCUT2D eigenvalue weighted by atomic mass is 10.1. The maximum absolute atomic E-state index is 12.4. The zero-order chi connectivity index (χ0) is 9.08. The summed E-state index contributed by atoms with van der Waals surface area (Å²) in [4.78, 5) is 0. The van der Waals surface area contributed by atoms with Crippen LogP contribution in [0.15, 0.2) is 0 Å². The molecule has 11 heavy (non-hydrogen) atoms. The first-order valence-corrected chi connectivity index (χ1v) is 3.10. The monoisotopic (exact) mass is 174 g/mol. The molecular weight excluding hydrogens is 167 g/mol. The summed E-state index contributed by atoms with van der Waals surface area (Å²) in [5.74, 6) is -5.17. The van der Waals surface area contributed by atoms with Gasteiger partial charge >= 0.3 is 6.18 Å². The number of halogens is 5. The maximum atomic E-state index is 12.4. The van der Waals surface area contributed by atoms with Gasteiger partial charge in [-0.2, -0.15) is 13.2 Å². The van der Waals surface area contributed by atoms with E-state index in [0.29, 0.717) is 6.92 Å². The van der Waals surface area contributed by atoms with Crippen molar-refractivity contribution in [1.29, 1.82) is 0 Å². The molecule has 1 fully saturated rings. The van der Waals surface area contributed by atoms with E-state index in [1.165, 1.54) is 0 Å². The normalized spacial score (nSPS) is 42.3. The topological polar surface area (TPSA) is 0 Å². The van der Waals surface area contributed by atoms with Gasteiger partial charge in [-0.15, -0.1) is 0 Å². The van der Waals surface area contributed by atoms with Crippen molar-refractivity contribution >= 4 is 0 Å². The second kappa shape index (κ2) is 1.69. The Morgan fingerprint density at radius 2 is 1.45 bits per heavy atom. The molecule has 1 saturated carbocycles. The molecule has 0 aromatic heterocycles. The van der Waals surface area contributed by atoms with E-state index in [0.717, 1.165) is 6.92 Å². The highest BCUT2D eigenvalue weighted by Crippen LogP contribution is 2.72. The van der Waals surface area contributed by atoms with Gasteiger partial charge in [0.25, 0.3) is 5.92 Å². The molecule has 5 heteroatoms. The molecule has 0 saturated heterocycles. The third-order valence-corrected chi connectivity index (χ3v) is 2.61. The third kappa shape index (κ3) is 0.739. The zero-order valence-corrected chi connectivity index (χ0v) is 5.97. The van der Waals surface area contributed by atoms with Crippen LogP contribution in [0.25, 0.3) is 0 Å². The molecule has 1 aliphatic carbocycles. The Kier molecular flexibility index (Phi) is 1.35. The summed E-state index contributed by atoms with van der Waals surface area (Å²) in [5, 5.41) is 0. The van der Waals surface area contributed by atoms with Crippen LogP contribution in [0.5, 0.6) is 0 Å². The predicted octanol–water partition coefficient (Wildman–Crippen LogP) is 2.84. The highest BCUT2D eigenvalue weighted by molar-refractivity contribution is 5.17. The summed E-state index contributed by atoms with van der Waals surface area (Å²) in [5.41, 5.74) is -2.79. The lowest BCUT2D eigenvalue weighted by Crippen LogP contribution is -2.27. The first-order valence-electron chi connectivity index (χ1n) is 3.10. The Bertz CT molecular complexity index is 170. The van der Waals surface area contributed by atoms with E-state index >= 15 is 0 Å². The third-order valence-electron chi connectivity index (χ3n) is 2.61. The van der Waals surface area contributed by atoms with Gasteiger partial charge in [-0.3, -0.25) is 0 Å². The van der Waals surface area contributed by atoms with Gasteiger partial charge < -0.3 is 0 Å². The van der Waals surface area contributed by atoms with Crippen LogP contribution in [0, 0.1) is 11.3 Å². The van der Waals surface area contributed by atoms with Crippen LogP contribution in [0.3, 0.4) is 0 Å². The van der Waals surface area contributed by atoms with Crippen molar-refractivity contribution in [3.05, 3.63) is 0 Å². The average Bonchev–Trinajstić information content (AvgIpc) is 2.14. The number of alkyl halides is 5. The molecule has 0 aromatic carbocycles. The van der Waals surface area contributed by atoms with E-state index < -0.39 is 23.4 Å². The minimum absolute atomic E-state index is 0.553. The van der Waals surface area contributed by atoms with Crippen molar-refractivity contribution in [3.8, 4) is 0 Å². The second-order valence-electron chi connectivity index (χ2n) is 3.04. The summed E-state index contributed by atoms with van der Waals surface area (Å²) in [7, 11) is 0. The van der Waals surface area contributed by atoms with Gasteiger partial charge in [0, 0.05) is 5.92 Å². The molecule has 0 radical (unpaired) electrons. The largest absolute Gasteiger partial charge is 0.400 e. The molecule has 0 amide bonds. The highest BCUT2D eigenvalue weighted by Gasteiger charge is 2.86. The lowest BCUT2D eigenvalue weighted by molar-refractivity contribution is -0.207. The standard InChI is InChI=1S/C6H7F5/c1-3-4(2,5(3,7)8)6(9,10)11/h3H,1-2H3. The van der Waals surface area contributed by atoms with Gasteiger partial charge in [0.2, 0.25) is 0 Å². The van der Waals surface area contributed by atoms with Crippen LogP contribution in [-0.2, 0) is 0 Å². The summed E-state index contributed by atoms with van der Waals surface area (Å²) in [6.45, 7) is 1.46. The highest BCUT2D eigenvalue weighted by atomic mass is 19.4. The van der Waals surface area contributed by atoms with Crippen molar-refractivity contribution in [2.75, 3.05) is 0 Å². The number of hydrogen-bond acceptors (Lipinski definition) is 0. The van der Waals surface area contributed by atoms with Gasteiger partial charge in [0.15, 0.2) is 0 Å². The van der Waals surface area contributed by atoms with E-state index in [9.17, 15) is 22.0 Å². The molecule has 0 N–H and O–H groups in total. The van der Waals surface area contributed by atoms with Gasteiger partial charge in [-0.25, -0.2) is 8.78 Å². The van der Waals surface area contributed by atoms with Crippen LogP contribution in [0.4, 0.5) is 22.0 Å². The summed E-state index contributed by atoms with van der Waals surface area (Å²) in [6, 6.07) is 0. The van der Waals surface area contributed by atoms with Crippen LogP contribution >= 0.6 is 0 Å². The van der Waals surface area contributed by atoms with E-state index in [1.807, 2.05) is 0 Å².